The first-order chi connectivity index (χ1) is 34.0. The average Bonchev–Trinajstić information content (AvgIpc) is 3.35. The number of unbranched alkanes of at least 4 members (excludes halogenated alkanes) is 39. The summed E-state index contributed by atoms with van der Waals surface area (Å²) in [6.45, 7) is 4.81. The van der Waals surface area contributed by atoms with Gasteiger partial charge in [-0.05, 0) is 89.9 Å². The van der Waals surface area contributed by atoms with E-state index in [0.717, 1.165) is 89.9 Å². The molecule has 404 valence electrons. The molecule has 0 aliphatic heterocycles. The zero-order chi connectivity index (χ0) is 50.0. The first kappa shape index (κ1) is 66.8. The van der Waals surface area contributed by atoms with E-state index in [1.807, 2.05) is 6.08 Å². The van der Waals surface area contributed by atoms with Crippen molar-refractivity contribution in [1.82, 2.24) is 5.32 Å². The molecule has 6 heteroatoms. The number of allylic oxidation sites excluding steroid dienone is 7. The Morgan fingerprint density at radius 1 is 0.406 bits per heavy atom. The Labute approximate surface area is 429 Å². The summed E-state index contributed by atoms with van der Waals surface area (Å²) < 4.78 is 5.45. The molecule has 0 rings (SSSR count). The van der Waals surface area contributed by atoms with Gasteiger partial charge in [0.05, 0.1) is 25.4 Å². The minimum Gasteiger partial charge on any atom is -0.466 e. The molecule has 1 amide bonds. The van der Waals surface area contributed by atoms with Crippen molar-refractivity contribution < 1.29 is 24.5 Å². The van der Waals surface area contributed by atoms with Crippen molar-refractivity contribution >= 4 is 11.9 Å². The fraction of sp³-hybridized carbons (Fsp3) is 0.841. The Kier molecular flexibility index (Phi) is 56.5. The van der Waals surface area contributed by atoms with Gasteiger partial charge in [0.25, 0.3) is 0 Å². The SMILES string of the molecule is CCCCC/C=C\C/C=C\CCCCCCCCCC(=O)OCCCC/C=C\CCCCCCCC(=O)NC(CO)C(O)/C=C/CCCCCCCCCCCCCCCCCCCCCCCC. The van der Waals surface area contributed by atoms with Crippen LogP contribution in [0.1, 0.15) is 316 Å². The van der Waals surface area contributed by atoms with Gasteiger partial charge < -0.3 is 20.3 Å². The maximum absolute atomic E-state index is 12.5. The standard InChI is InChI=1S/C63H117NO5/c1-3-5-7-9-11-13-15-17-19-21-22-23-24-25-26-27-29-30-32-35-39-43-47-51-55-61(66)60(59-65)64-62(67)56-52-48-44-40-36-34-38-42-46-50-54-58-69-63(68)57-53-49-45-41-37-33-31-28-20-18-16-14-12-10-8-6-4-2/h12,14,18,20,38,42,51,55,60-61,65-66H,3-11,13,15-17,19,21-37,39-41,43-50,52-54,56-59H2,1-2H3,(H,64,67)/b14-12-,20-18-,42-38-,55-51+. The minimum absolute atomic E-state index is 0.0405. The number of nitrogens with one attached hydrogen (secondary N) is 1. The monoisotopic (exact) mass is 968 g/mol. The van der Waals surface area contributed by atoms with E-state index in [-0.39, 0.29) is 18.5 Å². The molecule has 0 saturated carbocycles. The second-order valence-electron chi connectivity index (χ2n) is 20.7. The Balaban J connectivity index is 3.54. The number of esters is 1. The molecule has 0 aliphatic rings. The highest BCUT2D eigenvalue weighted by atomic mass is 16.5. The van der Waals surface area contributed by atoms with Crippen LogP contribution in [0.3, 0.4) is 0 Å². The third-order valence-corrected chi connectivity index (χ3v) is 13.8. The van der Waals surface area contributed by atoms with Gasteiger partial charge in [-0.2, -0.15) is 0 Å². The number of rotatable bonds is 56. The highest BCUT2D eigenvalue weighted by Crippen LogP contribution is 2.17. The number of carbonyl (C=O) groups is 2. The van der Waals surface area contributed by atoms with Gasteiger partial charge in [0.2, 0.25) is 5.91 Å². The van der Waals surface area contributed by atoms with Crippen LogP contribution in [0.2, 0.25) is 0 Å². The summed E-state index contributed by atoms with van der Waals surface area (Å²) in [6.07, 6.45) is 74.3. The number of amides is 1. The highest BCUT2D eigenvalue weighted by molar-refractivity contribution is 5.76. The maximum Gasteiger partial charge on any atom is 0.305 e. The van der Waals surface area contributed by atoms with Gasteiger partial charge in [0.15, 0.2) is 0 Å². The van der Waals surface area contributed by atoms with Crippen molar-refractivity contribution in [3.05, 3.63) is 48.6 Å². The van der Waals surface area contributed by atoms with E-state index in [1.54, 1.807) is 6.08 Å². The van der Waals surface area contributed by atoms with Crippen molar-refractivity contribution in [1.29, 1.82) is 0 Å². The molecule has 0 aliphatic carbocycles. The van der Waals surface area contributed by atoms with Crippen molar-refractivity contribution in [3.8, 4) is 0 Å². The molecule has 2 unspecified atom stereocenters. The quantitative estimate of drug-likeness (QED) is 0.0321. The molecular formula is C63H117NO5. The van der Waals surface area contributed by atoms with E-state index in [2.05, 4.69) is 55.6 Å². The molecule has 3 N–H and O–H groups in total. The summed E-state index contributed by atoms with van der Waals surface area (Å²) in [5.41, 5.74) is 0. The van der Waals surface area contributed by atoms with E-state index in [4.69, 9.17) is 4.74 Å². The molecule has 6 nitrogen and oxygen atoms in total. The second-order valence-corrected chi connectivity index (χ2v) is 20.7. The average molecular weight is 969 g/mol. The molecule has 69 heavy (non-hydrogen) atoms. The van der Waals surface area contributed by atoms with Crippen LogP contribution >= 0.6 is 0 Å². The Bertz CT molecular complexity index is 1160. The van der Waals surface area contributed by atoms with E-state index < -0.39 is 12.1 Å². The van der Waals surface area contributed by atoms with Gasteiger partial charge in [0, 0.05) is 12.8 Å². The molecule has 0 radical (unpaired) electrons. The minimum atomic E-state index is -0.866. The number of ether oxygens (including phenoxy) is 1. The lowest BCUT2D eigenvalue weighted by Gasteiger charge is -2.20. The van der Waals surface area contributed by atoms with Crippen LogP contribution in [0.25, 0.3) is 0 Å². The van der Waals surface area contributed by atoms with Crippen LogP contribution in [0.5, 0.6) is 0 Å². The molecule has 2 atom stereocenters. The fourth-order valence-corrected chi connectivity index (χ4v) is 9.13. The molecule has 0 heterocycles. The zero-order valence-corrected chi connectivity index (χ0v) is 46.0. The van der Waals surface area contributed by atoms with E-state index >= 15 is 0 Å². The van der Waals surface area contributed by atoms with Crippen molar-refractivity contribution in [2.75, 3.05) is 13.2 Å². The van der Waals surface area contributed by atoms with Gasteiger partial charge in [-0.15, -0.1) is 0 Å². The summed E-state index contributed by atoms with van der Waals surface area (Å²) in [6, 6.07) is -0.652. The van der Waals surface area contributed by atoms with Crippen molar-refractivity contribution in [2.45, 2.75) is 328 Å². The van der Waals surface area contributed by atoms with Crippen molar-refractivity contribution in [3.63, 3.8) is 0 Å². The lowest BCUT2D eigenvalue weighted by atomic mass is 10.0. The van der Waals surface area contributed by atoms with Crippen LogP contribution in [-0.4, -0.2) is 47.4 Å². The predicted octanol–water partition coefficient (Wildman–Crippen LogP) is 19.0. The molecule has 0 aromatic carbocycles. The van der Waals surface area contributed by atoms with Crippen LogP contribution in [0.4, 0.5) is 0 Å². The van der Waals surface area contributed by atoms with Crippen LogP contribution in [-0.2, 0) is 14.3 Å². The summed E-state index contributed by atoms with van der Waals surface area (Å²) >= 11 is 0. The van der Waals surface area contributed by atoms with E-state index in [0.29, 0.717) is 19.4 Å². The molecule has 0 fully saturated rings. The lowest BCUT2D eigenvalue weighted by Crippen LogP contribution is -2.45. The summed E-state index contributed by atoms with van der Waals surface area (Å²) in [4.78, 5) is 24.6. The van der Waals surface area contributed by atoms with Crippen LogP contribution in [0, 0.1) is 0 Å². The van der Waals surface area contributed by atoms with E-state index in [9.17, 15) is 19.8 Å². The zero-order valence-electron chi connectivity index (χ0n) is 46.0. The van der Waals surface area contributed by atoms with Gasteiger partial charge in [-0.3, -0.25) is 9.59 Å². The van der Waals surface area contributed by atoms with Gasteiger partial charge in [-0.25, -0.2) is 0 Å². The normalized spacial score (nSPS) is 12.9. The Hall–Kier alpha value is -2.18. The number of carbonyl (C=O) groups excluding carboxylic acids is 2. The Morgan fingerprint density at radius 3 is 1.14 bits per heavy atom. The summed E-state index contributed by atoms with van der Waals surface area (Å²) in [5.74, 6) is -0.136. The third kappa shape index (κ3) is 55.0. The lowest BCUT2D eigenvalue weighted by molar-refractivity contribution is -0.143. The number of aliphatic hydroxyl groups excluding tert-OH is 2. The third-order valence-electron chi connectivity index (χ3n) is 13.8. The van der Waals surface area contributed by atoms with Gasteiger partial charge in [-0.1, -0.05) is 262 Å². The Morgan fingerprint density at radius 2 is 0.725 bits per heavy atom. The van der Waals surface area contributed by atoms with Gasteiger partial charge in [0.1, 0.15) is 0 Å². The molecule has 0 saturated heterocycles. The largest absolute Gasteiger partial charge is 0.466 e. The first-order valence-electron chi connectivity index (χ1n) is 30.4. The smallest absolute Gasteiger partial charge is 0.305 e. The first-order valence-corrected chi connectivity index (χ1v) is 30.4. The van der Waals surface area contributed by atoms with E-state index in [1.165, 1.54) is 199 Å². The molecule has 0 aromatic heterocycles. The van der Waals surface area contributed by atoms with Crippen LogP contribution < -0.4 is 5.32 Å². The number of hydrogen-bond acceptors (Lipinski definition) is 5. The molecule has 0 bridgehead atoms. The maximum atomic E-state index is 12.5. The molecule has 0 spiro atoms. The predicted molar refractivity (Wildman–Crippen MR) is 301 cm³/mol. The molecule has 0 aromatic rings. The van der Waals surface area contributed by atoms with Crippen molar-refractivity contribution in [2.24, 2.45) is 0 Å². The second kappa shape index (κ2) is 58.4. The fourth-order valence-electron chi connectivity index (χ4n) is 9.13. The number of aliphatic hydroxyl groups is 2. The van der Waals surface area contributed by atoms with Crippen LogP contribution in [0.15, 0.2) is 48.6 Å². The summed E-state index contributed by atoms with van der Waals surface area (Å²) in [7, 11) is 0. The number of hydrogen-bond donors (Lipinski definition) is 3. The van der Waals surface area contributed by atoms with Gasteiger partial charge >= 0.3 is 5.97 Å². The highest BCUT2D eigenvalue weighted by Gasteiger charge is 2.18. The summed E-state index contributed by atoms with van der Waals surface area (Å²) in [5, 5.41) is 23.2. The molecular weight excluding hydrogens is 851 g/mol. The topological polar surface area (TPSA) is 95.9 Å².